The summed E-state index contributed by atoms with van der Waals surface area (Å²) in [5.74, 6) is 1.31. The molecule has 0 aliphatic carbocycles. The van der Waals surface area contributed by atoms with Gasteiger partial charge in [0.15, 0.2) is 0 Å². The van der Waals surface area contributed by atoms with Gasteiger partial charge in [-0.25, -0.2) is 0 Å². The Morgan fingerprint density at radius 3 is 2.32 bits per heavy atom. The number of nitrogens with zero attached hydrogens (tertiary/aromatic N) is 1. The smallest absolute Gasteiger partial charge is 0.136 e. The highest BCUT2D eigenvalue weighted by Crippen LogP contribution is 2.25. The fraction of sp³-hybridized carbons (Fsp3) is 0.160. The van der Waals surface area contributed by atoms with E-state index in [1.165, 1.54) is 11.1 Å². The van der Waals surface area contributed by atoms with Gasteiger partial charge >= 0.3 is 0 Å². The molecule has 1 aromatic heterocycles. The number of anilines is 1. The Morgan fingerprint density at radius 2 is 1.61 bits per heavy atom. The van der Waals surface area contributed by atoms with Crippen molar-refractivity contribution in [3.05, 3.63) is 95.3 Å². The maximum atomic E-state index is 6.21. The fourth-order valence-electron chi connectivity index (χ4n) is 3.19. The molecule has 3 aromatic carbocycles. The van der Waals surface area contributed by atoms with Crippen molar-refractivity contribution in [2.75, 3.05) is 5.43 Å². The number of aryl methyl sites for hydroxylation is 1. The zero-order valence-electron chi connectivity index (χ0n) is 16.4. The van der Waals surface area contributed by atoms with E-state index in [0.717, 1.165) is 33.3 Å². The molecule has 1 N–H and O–H groups in total. The minimum atomic E-state index is 0.506. The molecule has 28 heavy (non-hydrogen) atoms. The first-order valence-electron chi connectivity index (χ1n) is 9.60. The average molecular weight is 368 g/mol. The molecule has 0 unspecified atom stereocenters. The van der Waals surface area contributed by atoms with E-state index in [1.54, 1.807) is 0 Å². The maximum absolute atomic E-state index is 6.21. The fourth-order valence-corrected chi connectivity index (χ4v) is 3.19. The number of hydrogen-bond donors (Lipinski definition) is 1. The monoisotopic (exact) mass is 368 g/mol. The third-order valence-corrected chi connectivity index (χ3v) is 4.84. The Hall–Kier alpha value is -3.33. The predicted molar refractivity (Wildman–Crippen MR) is 116 cm³/mol. The summed E-state index contributed by atoms with van der Waals surface area (Å²) in [7, 11) is 0. The molecule has 0 bridgehead atoms. The third kappa shape index (κ3) is 3.84. The molecule has 3 nitrogen and oxygen atoms in total. The van der Waals surface area contributed by atoms with Crippen molar-refractivity contribution in [2.45, 2.75) is 26.7 Å². The van der Waals surface area contributed by atoms with Gasteiger partial charge in [0.1, 0.15) is 11.3 Å². The van der Waals surface area contributed by atoms with Gasteiger partial charge < -0.3 is 4.42 Å². The molecule has 0 fully saturated rings. The first kappa shape index (κ1) is 18.1. The molecule has 0 saturated carbocycles. The van der Waals surface area contributed by atoms with Gasteiger partial charge in [0.2, 0.25) is 0 Å². The van der Waals surface area contributed by atoms with Crippen LogP contribution in [0.5, 0.6) is 0 Å². The highest BCUT2D eigenvalue weighted by atomic mass is 16.3. The van der Waals surface area contributed by atoms with Crippen molar-refractivity contribution >= 4 is 16.7 Å². The van der Waals surface area contributed by atoms with E-state index in [-0.39, 0.29) is 0 Å². The van der Waals surface area contributed by atoms with Crippen LogP contribution in [0.4, 0.5) is 5.69 Å². The quantitative estimate of drug-likeness (QED) is 0.420. The van der Waals surface area contributed by atoms with Gasteiger partial charge in [-0.1, -0.05) is 67.9 Å². The minimum Gasteiger partial charge on any atom is -0.456 e. The van der Waals surface area contributed by atoms with Crippen LogP contribution in [0.3, 0.4) is 0 Å². The summed E-state index contributed by atoms with van der Waals surface area (Å²) < 4.78 is 6.21. The van der Waals surface area contributed by atoms with E-state index in [0.29, 0.717) is 5.92 Å². The molecule has 0 aliphatic heterocycles. The van der Waals surface area contributed by atoms with E-state index in [9.17, 15) is 0 Å². The molecule has 0 saturated heterocycles. The molecule has 0 radical (unpaired) electrons. The largest absolute Gasteiger partial charge is 0.456 e. The van der Waals surface area contributed by atoms with E-state index < -0.39 is 0 Å². The molecule has 4 aromatic rings. The summed E-state index contributed by atoms with van der Waals surface area (Å²) in [6, 6.07) is 26.7. The van der Waals surface area contributed by atoms with Crippen LogP contribution in [0.1, 0.15) is 30.9 Å². The van der Waals surface area contributed by atoms with Crippen LogP contribution in [0, 0.1) is 6.92 Å². The Labute approximate surface area is 165 Å². The Kier molecular flexibility index (Phi) is 4.98. The maximum Gasteiger partial charge on any atom is 0.136 e. The van der Waals surface area contributed by atoms with Crippen molar-refractivity contribution in [1.29, 1.82) is 0 Å². The molecule has 4 rings (SSSR count). The van der Waals surface area contributed by atoms with Gasteiger partial charge in [0, 0.05) is 17.0 Å². The highest BCUT2D eigenvalue weighted by Gasteiger charge is 2.07. The normalized spacial score (nSPS) is 11.9. The second kappa shape index (κ2) is 7.73. The van der Waals surface area contributed by atoms with Crippen molar-refractivity contribution in [2.24, 2.45) is 5.10 Å². The zero-order valence-corrected chi connectivity index (χ0v) is 16.4. The molecule has 0 atom stereocenters. The Balaban J connectivity index is 1.83. The van der Waals surface area contributed by atoms with E-state index in [2.05, 4.69) is 67.7 Å². The molecule has 0 aliphatic rings. The standard InChI is InChI=1S/C25H24N2O/c1-17(2)19-10-12-20(13-11-19)25-16-23(27-26-21-7-5-4-6-8-21)22-15-18(3)9-14-24(22)28-25/h4-17,26H,1-3H3/b27-23-. The number of nitrogens with one attached hydrogen (secondary N) is 1. The second-order valence-electron chi connectivity index (χ2n) is 7.36. The van der Waals surface area contributed by atoms with Crippen LogP contribution in [0.25, 0.3) is 22.3 Å². The average Bonchev–Trinajstić information content (AvgIpc) is 2.73. The van der Waals surface area contributed by atoms with Crippen LogP contribution in [0.15, 0.2) is 88.4 Å². The van der Waals surface area contributed by atoms with Crippen molar-refractivity contribution in [1.82, 2.24) is 0 Å². The SMILES string of the molecule is Cc1ccc2oc(-c3ccc(C(C)C)cc3)c/c(=N/Nc3ccccc3)c2c1. The van der Waals surface area contributed by atoms with Crippen molar-refractivity contribution < 1.29 is 4.42 Å². The molecular formula is C25H24N2O. The lowest BCUT2D eigenvalue weighted by Crippen LogP contribution is -2.07. The van der Waals surface area contributed by atoms with Crippen LogP contribution in [0.2, 0.25) is 0 Å². The zero-order chi connectivity index (χ0) is 19.5. The summed E-state index contributed by atoms with van der Waals surface area (Å²) in [6.07, 6.45) is 0. The lowest BCUT2D eigenvalue weighted by molar-refractivity contribution is 0.618. The Bertz CT molecular complexity index is 1160. The van der Waals surface area contributed by atoms with E-state index in [4.69, 9.17) is 4.42 Å². The number of benzene rings is 3. The lowest BCUT2D eigenvalue weighted by Gasteiger charge is -2.08. The van der Waals surface area contributed by atoms with Gasteiger partial charge in [-0.2, -0.15) is 5.10 Å². The molecule has 0 amide bonds. The molecule has 3 heteroatoms. The van der Waals surface area contributed by atoms with Crippen LogP contribution >= 0.6 is 0 Å². The summed E-state index contributed by atoms with van der Waals surface area (Å²) >= 11 is 0. The predicted octanol–water partition coefficient (Wildman–Crippen LogP) is 6.46. The third-order valence-electron chi connectivity index (χ3n) is 4.84. The number of para-hydroxylation sites is 1. The number of fused-ring (bicyclic) bond motifs is 1. The minimum absolute atomic E-state index is 0.506. The van der Waals surface area contributed by atoms with Crippen LogP contribution in [-0.2, 0) is 0 Å². The van der Waals surface area contributed by atoms with Crippen molar-refractivity contribution in [3.8, 4) is 11.3 Å². The molecule has 1 heterocycles. The van der Waals surface area contributed by atoms with E-state index >= 15 is 0 Å². The highest BCUT2D eigenvalue weighted by molar-refractivity contribution is 5.79. The van der Waals surface area contributed by atoms with Gasteiger partial charge in [-0.15, -0.1) is 0 Å². The van der Waals surface area contributed by atoms with E-state index in [1.807, 2.05) is 42.5 Å². The van der Waals surface area contributed by atoms with Gasteiger partial charge in [-0.3, -0.25) is 5.43 Å². The summed E-state index contributed by atoms with van der Waals surface area (Å²) in [4.78, 5) is 0. The van der Waals surface area contributed by atoms with Gasteiger partial charge in [-0.05, 0) is 42.7 Å². The summed E-state index contributed by atoms with van der Waals surface area (Å²) in [6.45, 7) is 6.47. The van der Waals surface area contributed by atoms with Gasteiger partial charge in [0.25, 0.3) is 0 Å². The first-order valence-corrected chi connectivity index (χ1v) is 9.60. The molecular weight excluding hydrogens is 344 g/mol. The first-order chi connectivity index (χ1) is 13.6. The summed E-state index contributed by atoms with van der Waals surface area (Å²) in [5, 5.41) is 6.52. The lowest BCUT2D eigenvalue weighted by atomic mass is 10.0. The second-order valence-corrected chi connectivity index (χ2v) is 7.36. The topological polar surface area (TPSA) is 37.5 Å². The van der Waals surface area contributed by atoms with Crippen molar-refractivity contribution in [3.63, 3.8) is 0 Å². The van der Waals surface area contributed by atoms with Crippen LogP contribution in [-0.4, -0.2) is 0 Å². The summed E-state index contributed by atoms with van der Waals surface area (Å²) in [5.41, 5.74) is 8.47. The molecule has 140 valence electrons. The Morgan fingerprint density at radius 1 is 0.857 bits per heavy atom. The number of hydrogen-bond acceptors (Lipinski definition) is 3. The van der Waals surface area contributed by atoms with Crippen LogP contribution < -0.4 is 10.8 Å². The van der Waals surface area contributed by atoms with Gasteiger partial charge in [0.05, 0.1) is 11.0 Å². The number of rotatable bonds is 4. The molecule has 0 spiro atoms.